The number of hydrogen-bond donors (Lipinski definition) is 1. The first-order valence-corrected chi connectivity index (χ1v) is 14.5. The molecule has 1 aliphatic rings. The van der Waals surface area contributed by atoms with E-state index >= 15 is 0 Å². The maximum absolute atomic E-state index is 14.1. The molecule has 0 amide bonds. The second-order valence-corrected chi connectivity index (χ2v) is 12.9. The van der Waals surface area contributed by atoms with Gasteiger partial charge in [0.25, 0.3) is 5.56 Å². The predicted molar refractivity (Wildman–Crippen MR) is 144 cm³/mol. The van der Waals surface area contributed by atoms with Crippen LogP contribution in [0, 0.1) is 5.92 Å². The largest absolute Gasteiger partial charge is 0.416 e. The molecule has 8 nitrogen and oxygen atoms in total. The van der Waals surface area contributed by atoms with Crippen molar-refractivity contribution < 1.29 is 21.6 Å². The van der Waals surface area contributed by atoms with Gasteiger partial charge in [0.2, 0.25) is 0 Å². The molecule has 0 radical (unpaired) electrons. The van der Waals surface area contributed by atoms with Crippen LogP contribution in [0.4, 0.5) is 13.2 Å². The third-order valence-electron chi connectivity index (χ3n) is 6.96. The van der Waals surface area contributed by atoms with Crippen LogP contribution in [0.3, 0.4) is 0 Å². The lowest BCUT2D eigenvalue weighted by Crippen LogP contribution is -2.36. The molecule has 1 N–H and O–H groups in total. The molecule has 0 unspecified atom stereocenters. The van der Waals surface area contributed by atoms with Crippen LogP contribution in [0.15, 0.2) is 44.8 Å². The maximum Gasteiger partial charge on any atom is 0.416 e. The van der Waals surface area contributed by atoms with Crippen LogP contribution in [-0.4, -0.2) is 67.3 Å². The number of nitrogens with zero attached hydrogens (tertiary/aromatic N) is 3. The molecule has 0 spiro atoms. The van der Waals surface area contributed by atoms with Crippen molar-refractivity contribution in [1.29, 1.82) is 0 Å². The van der Waals surface area contributed by atoms with Crippen LogP contribution in [-0.2, 0) is 29.1 Å². The third kappa shape index (κ3) is 6.40. The Balaban J connectivity index is 1.78. The number of likely N-dealkylation sites (tertiary alicyclic amines) is 1. The average molecular weight is 587 g/mol. The predicted octanol–water partition coefficient (Wildman–Crippen LogP) is 3.59. The molecule has 3 aromatic rings. The summed E-state index contributed by atoms with van der Waals surface area (Å²) in [7, 11) is 0.172. The molecule has 4 rings (SSSR count). The molecule has 0 bridgehead atoms. The van der Waals surface area contributed by atoms with E-state index in [4.69, 9.17) is 11.6 Å². The zero-order valence-corrected chi connectivity index (χ0v) is 23.4. The third-order valence-corrected chi connectivity index (χ3v) is 9.03. The molecule has 2 aromatic carbocycles. The Morgan fingerprint density at radius 2 is 1.82 bits per heavy atom. The maximum atomic E-state index is 14.1. The molecule has 1 saturated heterocycles. The first-order valence-electron chi connectivity index (χ1n) is 12.4. The van der Waals surface area contributed by atoms with E-state index in [2.05, 4.69) is 4.98 Å². The molecule has 39 heavy (non-hydrogen) atoms. The van der Waals surface area contributed by atoms with Gasteiger partial charge in [-0.2, -0.15) is 13.2 Å². The minimum atomic E-state index is -4.73. The average Bonchev–Trinajstić information content (AvgIpc) is 3.26. The Kier molecular flexibility index (Phi) is 8.32. The molecule has 1 aromatic heterocycles. The highest BCUT2D eigenvalue weighted by Gasteiger charge is 2.35. The van der Waals surface area contributed by atoms with Gasteiger partial charge in [-0.15, -0.1) is 0 Å². The van der Waals surface area contributed by atoms with Gasteiger partial charge in [0.1, 0.15) is 0 Å². The number of aromatic nitrogens is 2. The Morgan fingerprint density at radius 3 is 2.46 bits per heavy atom. The molecule has 1 atom stereocenters. The Morgan fingerprint density at radius 1 is 1.10 bits per heavy atom. The minimum Gasteiger partial charge on any atom is -0.309 e. The van der Waals surface area contributed by atoms with Crippen LogP contribution in [0.1, 0.15) is 30.0 Å². The number of benzene rings is 2. The van der Waals surface area contributed by atoms with Gasteiger partial charge in [-0.05, 0) is 74.4 Å². The number of halogens is 4. The molecule has 13 heteroatoms. The molecular weight excluding hydrogens is 557 g/mol. The van der Waals surface area contributed by atoms with Crippen molar-refractivity contribution >= 4 is 32.3 Å². The Hall–Kier alpha value is -2.67. The monoisotopic (exact) mass is 586 g/mol. The van der Waals surface area contributed by atoms with Gasteiger partial charge >= 0.3 is 11.9 Å². The standard InChI is InChI=1S/C26H30ClF3N4O4S/c1-4-39(37,38)23-6-5-19(27)9-18(23)15-34-24(35)20-11-21(26(28,29)30)17(10-22(20)31-25(34)36)14-33-8-7-16(13-33)12-32(2)3/h5-6,9-11,16H,4,7-8,12-15H2,1-3H3,(H,31,36)/t16-/m0/s1. The van der Waals surface area contributed by atoms with E-state index < -0.39 is 39.4 Å². The van der Waals surface area contributed by atoms with Crippen molar-refractivity contribution in [3.05, 3.63) is 72.9 Å². The molecule has 1 aliphatic heterocycles. The van der Waals surface area contributed by atoms with Crippen LogP contribution >= 0.6 is 11.6 Å². The number of alkyl halides is 3. The van der Waals surface area contributed by atoms with Gasteiger partial charge in [-0.25, -0.2) is 13.2 Å². The fraction of sp³-hybridized carbons (Fsp3) is 0.462. The number of aromatic amines is 1. The van der Waals surface area contributed by atoms with Gasteiger partial charge < -0.3 is 9.88 Å². The van der Waals surface area contributed by atoms with E-state index in [0.717, 1.165) is 19.0 Å². The highest BCUT2D eigenvalue weighted by atomic mass is 35.5. The van der Waals surface area contributed by atoms with Gasteiger partial charge in [0.15, 0.2) is 9.84 Å². The molecule has 1 fully saturated rings. The number of fused-ring (bicyclic) bond motifs is 1. The van der Waals surface area contributed by atoms with Crippen molar-refractivity contribution in [3.8, 4) is 0 Å². The number of H-pyrrole nitrogens is 1. The molecule has 0 saturated carbocycles. The lowest BCUT2D eigenvalue weighted by Gasteiger charge is -2.21. The van der Waals surface area contributed by atoms with E-state index in [1.165, 1.54) is 31.2 Å². The summed E-state index contributed by atoms with van der Waals surface area (Å²) in [4.78, 5) is 32.7. The first kappa shape index (κ1) is 29.3. The lowest BCUT2D eigenvalue weighted by atomic mass is 10.0. The van der Waals surface area contributed by atoms with Gasteiger partial charge in [0, 0.05) is 24.7 Å². The van der Waals surface area contributed by atoms with Crippen molar-refractivity contribution in [2.45, 2.75) is 37.5 Å². The second-order valence-electron chi connectivity index (χ2n) is 10.2. The zero-order chi connectivity index (χ0) is 28.7. The highest BCUT2D eigenvalue weighted by Crippen LogP contribution is 2.35. The van der Waals surface area contributed by atoms with E-state index in [1.807, 2.05) is 23.9 Å². The lowest BCUT2D eigenvalue weighted by molar-refractivity contribution is -0.138. The quantitative estimate of drug-likeness (QED) is 0.434. The highest BCUT2D eigenvalue weighted by molar-refractivity contribution is 7.91. The summed E-state index contributed by atoms with van der Waals surface area (Å²) in [5.41, 5.74) is -2.73. The van der Waals surface area contributed by atoms with E-state index in [-0.39, 0.29) is 44.2 Å². The van der Waals surface area contributed by atoms with Crippen LogP contribution < -0.4 is 11.2 Å². The summed E-state index contributed by atoms with van der Waals surface area (Å²) in [6.45, 7) is 3.12. The number of sulfone groups is 1. The fourth-order valence-electron chi connectivity index (χ4n) is 5.15. The topological polar surface area (TPSA) is 95.5 Å². The smallest absolute Gasteiger partial charge is 0.309 e. The first-order chi connectivity index (χ1) is 18.2. The van der Waals surface area contributed by atoms with Crippen molar-refractivity contribution in [1.82, 2.24) is 19.4 Å². The summed E-state index contributed by atoms with van der Waals surface area (Å²) in [6.07, 6.45) is -3.86. The molecular formula is C26H30ClF3N4O4S. The summed E-state index contributed by atoms with van der Waals surface area (Å²) in [5.74, 6) is 0.115. The zero-order valence-electron chi connectivity index (χ0n) is 21.8. The SMILES string of the molecule is CCS(=O)(=O)c1ccc(Cl)cc1Cn1c(=O)[nH]c2cc(CN3CC[C@@H](CN(C)C)C3)c(C(F)(F)F)cc2c1=O. The van der Waals surface area contributed by atoms with Gasteiger partial charge in [-0.1, -0.05) is 18.5 Å². The number of hydrogen-bond acceptors (Lipinski definition) is 6. The molecule has 212 valence electrons. The number of rotatable bonds is 8. The van der Waals surface area contributed by atoms with Crippen molar-refractivity contribution in [2.24, 2.45) is 5.92 Å². The molecule has 0 aliphatic carbocycles. The van der Waals surface area contributed by atoms with Crippen molar-refractivity contribution in [3.63, 3.8) is 0 Å². The Bertz CT molecular complexity index is 1620. The molecule has 2 heterocycles. The fourth-order valence-corrected chi connectivity index (χ4v) is 6.45. The summed E-state index contributed by atoms with van der Waals surface area (Å²) in [6, 6.07) is 5.98. The van der Waals surface area contributed by atoms with Crippen LogP contribution in [0.2, 0.25) is 5.02 Å². The van der Waals surface area contributed by atoms with E-state index in [1.54, 1.807) is 0 Å². The minimum absolute atomic E-state index is 0.0132. The van der Waals surface area contributed by atoms with Gasteiger partial charge in [0.05, 0.1) is 33.7 Å². The Labute approximate surface area is 228 Å². The van der Waals surface area contributed by atoms with Crippen molar-refractivity contribution in [2.75, 3.05) is 39.5 Å². The summed E-state index contributed by atoms with van der Waals surface area (Å²) in [5, 5.41) is -0.136. The number of nitrogens with one attached hydrogen (secondary N) is 1. The second kappa shape index (κ2) is 11.1. The van der Waals surface area contributed by atoms with Crippen LogP contribution in [0.5, 0.6) is 0 Å². The van der Waals surface area contributed by atoms with Crippen LogP contribution in [0.25, 0.3) is 10.9 Å². The summed E-state index contributed by atoms with van der Waals surface area (Å²) < 4.78 is 68.2. The normalized spacial score (nSPS) is 17.0. The van der Waals surface area contributed by atoms with E-state index in [9.17, 15) is 31.2 Å². The summed E-state index contributed by atoms with van der Waals surface area (Å²) >= 11 is 6.04. The van der Waals surface area contributed by atoms with E-state index in [0.29, 0.717) is 23.6 Å². The van der Waals surface area contributed by atoms with Gasteiger partial charge in [-0.3, -0.25) is 14.3 Å².